The number of nitrogens with one attached hydrogen (secondary N) is 2. The van der Waals surface area contributed by atoms with Crippen LogP contribution in [0.3, 0.4) is 0 Å². The Bertz CT molecular complexity index is 1290. The average molecular weight is 456 g/mol. The van der Waals surface area contributed by atoms with E-state index < -0.39 is 6.04 Å². The number of thioether (sulfide) groups is 1. The Labute approximate surface area is 195 Å². The Morgan fingerprint density at radius 1 is 1.09 bits per heavy atom. The number of carbonyl (C=O) groups excluding carboxylic acids is 1. The lowest BCUT2D eigenvalue weighted by molar-refractivity contribution is -0.113. The highest BCUT2D eigenvalue weighted by atomic mass is 32.2. The van der Waals surface area contributed by atoms with E-state index in [9.17, 15) is 4.79 Å². The van der Waals surface area contributed by atoms with E-state index in [1.807, 2.05) is 43.3 Å². The van der Waals surface area contributed by atoms with Crippen molar-refractivity contribution in [1.29, 1.82) is 0 Å². The number of benzene rings is 1. The number of rotatable bonds is 6. The molecule has 0 radical (unpaired) electrons. The fourth-order valence-electron chi connectivity index (χ4n) is 3.66. The predicted molar refractivity (Wildman–Crippen MR) is 128 cm³/mol. The molecule has 1 atom stereocenters. The SMILES string of the molecule is CC1=C(C(=O)Nc2cccnc2)[C@@H](c2ccccn2)n2nc(SCc3ccccc3)nc2N1. The number of aromatic nitrogens is 5. The fraction of sp³-hybridized carbons (Fsp3) is 0.125. The first kappa shape index (κ1) is 20.9. The number of hydrogen-bond donors (Lipinski definition) is 2. The van der Waals surface area contributed by atoms with Crippen LogP contribution < -0.4 is 10.6 Å². The van der Waals surface area contributed by atoms with Gasteiger partial charge in [-0.05, 0) is 36.8 Å². The number of pyridine rings is 2. The summed E-state index contributed by atoms with van der Waals surface area (Å²) in [6, 6.07) is 18.9. The van der Waals surface area contributed by atoms with Crippen molar-refractivity contribution < 1.29 is 4.79 Å². The molecule has 1 aliphatic heterocycles. The molecule has 0 saturated carbocycles. The molecule has 0 spiro atoms. The van der Waals surface area contributed by atoms with Gasteiger partial charge in [0.15, 0.2) is 0 Å². The first-order valence-corrected chi connectivity index (χ1v) is 11.4. The lowest BCUT2D eigenvalue weighted by Gasteiger charge is -2.27. The molecule has 9 heteroatoms. The van der Waals surface area contributed by atoms with E-state index in [1.165, 1.54) is 5.56 Å². The maximum atomic E-state index is 13.4. The number of nitrogens with zero attached hydrogens (tertiary/aromatic N) is 5. The lowest BCUT2D eigenvalue weighted by Crippen LogP contribution is -2.32. The van der Waals surface area contributed by atoms with Crippen LogP contribution in [0.25, 0.3) is 0 Å². The second-order valence-electron chi connectivity index (χ2n) is 7.45. The molecule has 1 amide bonds. The second-order valence-corrected chi connectivity index (χ2v) is 8.40. The third-order valence-corrected chi connectivity index (χ3v) is 6.08. The Morgan fingerprint density at radius 3 is 2.70 bits per heavy atom. The fourth-order valence-corrected chi connectivity index (χ4v) is 4.44. The molecule has 0 fully saturated rings. The van der Waals surface area contributed by atoms with Crippen molar-refractivity contribution >= 4 is 29.3 Å². The third kappa shape index (κ3) is 4.49. The Hall–Kier alpha value is -3.98. The zero-order valence-corrected chi connectivity index (χ0v) is 18.7. The van der Waals surface area contributed by atoms with Gasteiger partial charge >= 0.3 is 0 Å². The highest BCUT2D eigenvalue weighted by Crippen LogP contribution is 2.36. The van der Waals surface area contributed by atoms with Gasteiger partial charge in [0.1, 0.15) is 6.04 Å². The number of carbonyl (C=O) groups is 1. The van der Waals surface area contributed by atoms with Crippen molar-refractivity contribution in [3.63, 3.8) is 0 Å². The van der Waals surface area contributed by atoms with E-state index in [2.05, 4.69) is 37.7 Å². The van der Waals surface area contributed by atoms with Gasteiger partial charge in [-0.2, -0.15) is 4.98 Å². The van der Waals surface area contributed by atoms with E-state index in [0.717, 1.165) is 5.75 Å². The maximum Gasteiger partial charge on any atom is 0.255 e. The summed E-state index contributed by atoms with van der Waals surface area (Å²) in [4.78, 5) is 26.6. The lowest BCUT2D eigenvalue weighted by atomic mass is 9.98. The average Bonchev–Trinajstić information content (AvgIpc) is 3.26. The van der Waals surface area contributed by atoms with Gasteiger partial charge in [0.2, 0.25) is 11.1 Å². The van der Waals surface area contributed by atoms with E-state index in [4.69, 9.17) is 5.10 Å². The molecule has 3 aromatic heterocycles. The molecule has 0 aliphatic carbocycles. The smallest absolute Gasteiger partial charge is 0.255 e. The van der Waals surface area contributed by atoms with Gasteiger partial charge in [-0.3, -0.25) is 14.8 Å². The quantitative estimate of drug-likeness (QED) is 0.419. The summed E-state index contributed by atoms with van der Waals surface area (Å²) >= 11 is 1.55. The molecular formula is C24H21N7OS. The zero-order valence-electron chi connectivity index (χ0n) is 17.8. The first-order chi connectivity index (χ1) is 16.2. The molecule has 33 heavy (non-hydrogen) atoms. The van der Waals surface area contributed by atoms with Gasteiger partial charge in [-0.1, -0.05) is 48.2 Å². The van der Waals surface area contributed by atoms with E-state index in [-0.39, 0.29) is 5.91 Å². The number of anilines is 2. The van der Waals surface area contributed by atoms with Crippen LogP contribution >= 0.6 is 11.8 Å². The van der Waals surface area contributed by atoms with Crippen LogP contribution in [0, 0.1) is 0 Å². The van der Waals surface area contributed by atoms with Crippen molar-refractivity contribution in [2.45, 2.75) is 23.9 Å². The molecule has 1 aliphatic rings. The van der Waals surface area contributed by atoms with E-state index in [0.29, 0.717) is 33.8 Å². The molecule has 0 saturated heterocycles. The molecule has 5 rings (SSSR count). The van der Waals surface area contributed by atoms with Crippen molar-refractivity contribution in [1.82, 2.24) is 24.7 Å². The van der Waals surface area contributed by atoms with Crippen molar-refractivity contribution in [2.24, 2.45) is 0 Å². The minimum absolute atomic E-state index is 0.247. The summed E-state index contributed by atoms with van der Waals surface area (Å²) in [7, 11) is 0. The predicted octanol–water partition coefficient (Wildman–Crippen LogP) is 4.29. The largest absolute Gasteiger partial charge is 0.328 e. The first-order valence-electron chi connectivity index (χ1n) is 10.4. The number of fused-ring (bicyclic) bond motifs is 1. The number of hydrogen-bond acceptors (Lipinski definition) is 7. The Morgan fingerprint density at radius 2 is 1.94 bits per heavy atom. The minimum atomic E-state index is -0.516. The molecule has 8 nitrogen and oxygen atoms in total. The Balaban J connectivity index is 1.48. The molecule has 164 valence electrons. The highest BCUT2D eigenvalue weighted by Gasteiger charge is 2.35. The maximum absolute atomic E-state index is 13.4. The van der Waals surface area contributed by atoms with Gasteiger partial charge in [0, 0.05) is 23.8 Å². The van der Waals surface area contributed by atoms with Gasteiger partial charge in [-0.25, -0.2) is 4.68 Å². The summed E-state index contributed by atoms with van der Waals surface area (Å²) in [6.07, 6.45) is 4.99. The van der Waals surface area contributed by atoms with Crippen molar-refractivity contribution in [3.8, 4) is 0 Å². The van der Waals surface area contributed by atoms with Gasteiger partial charge in [0.05, 0.1) is 23.2 Å². The third-order valence-electron chi connectivity index (χ3n) is 5.18. The molecule has 4 heterocycles. The van der Waals surface area contributed by atoms with Crippen LogP contribution in [-0.4, -0.2) is 30.6 Å². The highest BCUT2D eigenvalue weighted by molar-refractivity contribution is 7.98. The van der Waals surface area contributed by atoms with E-state index in [1.54, 1.807) is 47.2 Å². The summed E-state index contributed by atoms with van der Waals surface area (Å²) in [5, 5.41) is 11.5. The molecule has 0 bridgehead atoms. The Kier molecular flexibility index (Phi) is 5.86. The summed E-state index contributed by atoms with van der Waals surface area (Å²) in [6.45, 7) is 1.86. The summed E-state index contributed by atoms with van der Waals surface area (Å²) < 4.78 is 1.74. The topological polar surface area (TPSA) is 97.6 Å². The van der Waals surface area contributed by atoms with Gasteiger partial charge in [0.25, 0.3) is 5.91 Å². The van der Waals surface area contributed by atoms with E-state index >= 15 is 0 Å². The standard InChI is InChI=1S/C24H21N7OS/c1-16-20(22(32)28-18-10-7-12-25-14-18)21(19-11-5-6-13-26-19)31-23(27-16)29-24(30-31)33-15-17-8-3-2-4-9-17/h2-14,21H,15H2,1H3,(H,28,32)(H,27,29,30)/t21-/m1/s1. The summed E-state index contributed by atoms with van der Waals surface area (Å²) in [5.41, 5.74) is 3.74. The van der Waals surface area contributed by atoms with Crippen molar-refractivity contribution in [3.05, 3.63) is 102 Å². The molecule has 2 N–H and O–H groups in total. The number of amides is 1. The molecule has 0 unspecified atom stereocenters. The second kappa shape index (κ2) is 9.25. The van der Waals surface area contributed by atoms with Gasteiger partial charge < -0.3 is 10.6 Å². The van der Waals surface area contributed by atoms with Crippen molar-refractivity contribution in [2.75, 3.05) is 10.6 Å². The molecule has 4 aromatic rings. The molecule has 1 aromatic carbocycles. The van der Waals surface area contributed by atoms with Crippen LogP contribution in [0.15, 0.2) is 95.7 Å². The minimum Gasteiger partial charge on any atom is -0.328 e. The van der Waals surface area contributed by atoms with Gasteiger partial charge in [-0.15, -0.1) is 5.10 Å². The zero-order chi connectivity index (χ0) is 22.6. The summed E-state index contributed by atoms with van der Waals surface area (Å²) in [5.74, 6) is 1.08. The monoisotopic (exact) mass is 455 g/mol. The normalized spacial score (nSPS) is 15.0. The molecular weight excluding hydrogens is 434 g/mol. The van der Waals surface area contributed by atoms with Crippen LogP contribution in [-0.2, 0) is 10.5 Å². The van der Waals surface area contributed by atoms with Crippen LogP contribution in [0.4, 0.5) is 11.6 Å². The van der Waals surface area contributed by atoms with Crippen LogP contribution in [0.2, 0.25) is 0 Å². The number of allylic oxidation sites excluding steroid dienone is 1. The van der Waals surface area contributed by atoms with Crippen LogP contribution in [0.5, 0.6) is 0 Å². The van der Waals surface area contributed by atoms with Crippen LogP contribution in [0.1, 0.15) is 24.2 Å².